The lowest BCUT2D eigenvalue weighted by atomic mass is 10.1. The molecule has 0 saturated heterocycles. The van der Waals surface area contributed by atoms with Crippen molar-refractivity contribution in [1.82, 2.24) is 9.78 Å². The monoisotopic (exact) mass is 200 g/mol. The third kappa shape index (κ3) is 2.47. The van der Waals surface area contributed by atoms with Crippen LogP contribution in [0.2, 0.25) is 0 Å². The summed E-state index contributed by atoms with van der Waals surface area (Å²) < 4.78 is 1.93. The lowest BCUT2D eigenvalue weighted by Gasteiger charge is -2.03. The van der Waals surface area contributed by atoms with Gasteiger partial charge in [0.2, 0.25) is 0 Å². The zero-order chi connectivity index (χ0) is 10.0. The summed E-state index contributed by atoms with van der Waals surface area (Å²) in [6.07, 6.45) is 2.06. The molecule has 0 aromatic carbocycles. The molecule has 1 atom stereocenters. The SMILES string of the molecule is Cc1nn(C)c(C)c1CCC(C)Cl. The van der Waals surface area contributed by atoms with E-state index in [1.54, 1.807) is 0 Å². The quantitative estimate of drug-likeness (QED) is 0.686. The van der Waals surface area contributed by atoms with Crippen LogP contribution in [0.1, 0.15) is 30.3 Å². The van der Waals surface area contributed by atoms with Gasteiger partial charge in [0.05, 0.1) is 5.69 Å². The molecule has 1 unspecified atom stereocenters. The number of hydrogen-bond acceptors (Lipinski definition) is 1. The Morgan fingerprint density at radius 1 is 1.46 bits per heavy atom. The smallest absolute Gasteiger partial charge is 0.0628 e. The first-order valence-corrected chi connectivity index (χ1v) is 5.09. The highest BCUT2D eigenvalue weighted by molar-refractivity contribution is 6.20. The first-order valence-electron chi connectivity index (χ1n) is 4.65. The molecular weight excluding hydrogens is 184 g/mol. The summed E-state index contributed by atoms with van der Waals surface area (Å²) in [5, 5.41) is 4.61. The molecule has 0 fully saturated rings. The van der Waals surface area contributed by atoms with Crippen LogP contribution in [0.3, 0.4) is 0 Å². The van der Waals surface area contributed by atoms with E-state index in [0.29, 0.717) is 0 Å². The highest BCUT2D eigenvalue weighted by Crippen LogP contribution is 2.16. The highest BCUT2D eigenvalue weighted by atomic mass is 35.5. The van der Waals surface area contributed by atoms with Crippen LogP contribution in [0.15, 0.2) is 0 Å². The molecule has 3 heteroatoms. The van der Waals surface area contributed by atoms with Crippen molar-refractivity contribution in [3.8, 4) is 0 Å². The lowest BCUT2D eigenvalue weighted by molar-refractivity contribution is 0.728. The second kappa shape index (κ2) is 4.14. The van der Waals surface area contributed by atoms with Crippen molar-refractivity contribution in [3.05, 3.63) is 17.0 Å². The van der Waals surface area contributed by atoms with Gasteiger partial charge in [-0.05, 0) is 39.2 Å². The van der Waals surface area contributed by atoms with Crippen molar-refractivity contribution in [2.75, 3.05) is 0 Å². The van der Waals surface area contributed by atoms with E-state index in [0.717, 1.165) is 18.5 Å². The molecule has 1 heterocycles. The molecule has 74 valence electrons. The molecule has 2 nitrogen and oxygen atoms in total. The fourth-order valence-electron chi connectivity index (χ4n) is 1.52. The molecule has 0 saturated carbocycles. The van der Waals surface area contributed by atoms with Gasteiger partial charge in [0.15, 0.2) is 0 Å². The van der Waals surface area contributed by atoms with Crippen molar-refractivity contribution in [3.63, 3.8) is 0 Å². The molecule has 0 radical (unpaired) electrons. The maximum atomic E-state index is 5.91. The summed E-state index contributed by atoms with van der Waals surface area (Å²) in [5.74, 6) is 0. The van der Waals surface area contributed by atoms with Crippen molar-refractivity contribution in [2.24, 2.45) is 7.05 Å². The van der Waals surface area contributed by atoms with Gasteiger partial charge >= 0.3 is 0 Å². The average molecular weight is 201 g/mol. The van der Waals surface area contributed by atoms with E-state index in [9.17, 15) is 0 Å². The molecule has 0 bridgehead atoms. The van der Waals surface area contributed by atoms with E-state index < -0.39 is 0 Å². The minimum Gasteiger partial charge on any atom is -0.272 e. The van der Waals surface area contributed by atoms with E-state index in [2.05, 4.69) is 18.9 Å². The zero-order valence-corrected chi connectivity index (χ0v) is 9.52. The lowest BCUT2D eigenvalue weighted by Crippen LogP contribution is -1.98. The molecule has 13 heavy (non-hydrogen) atoms. The summed E-state index contributed by atoms with van der Waals surface area (Å²) in [4.78, 5) is 0. The Bertz CT molecular complexity index is 289. The topological polar surface area (TPSA) is 17.8 Å². The Morgan fingerprint density at radius 2 is 2.08 bits per heavy atom. The van der Waals surface area contributed by atoms with Crippen LogP contribution < -0.4 is 0 Å². The summed E-state index contributed by atoms with van der Waals surface area (Å²) >= 11 is 5.91. The van der Waals surface area contributed by atoms with Crippen LogP contribution in [0.4, 0.5) is 0 Å². The van der Waals surface area contributed by atoms with Crippen LogP contribution >= 0.6 is 11.6 Å². The van der Waals surface area contributed by atoms with Crippen LogP contribution in [-0.4, -0.2) is 15.2 Å². The maximum absolute atomic E-state index is 5.91. The van der Waals surface area contributed by atoms with Crippen LogP contribution in [0.5, 0.6) is 0 Å². The number of aromatic nitrogens is 2. The summed E-state index contributed by atoms with van der Waals surface area (Å²) in [6.45, 7) is 6.19. The fraction of sp³-hybridized carbons (Fsp3) is 0.700. The molecule has 1 aromatic rings. The summed E-state index contributed by atoms with van der Waals surface area (Å²) in [5.41, 5.74) is 3.75. The van der Waals surface area contributed by atoms with Crippen molar-refractivity contribution >= 4 is 11.6 Å². The Balaban J connectivity index is 2.76. The van der Waals surface area contributed by atoms with Crippen LogP contribution in [0.25, 0.3) is 0 Å². The van der Waals surface area contributed by atoms with Crippen molar-refractivity contribution in [2.45, 2.75) is 39.0 Å². The molecular formula is C10H17ClN2. The number of nitrogens with zero attached hydrogens (tertiary/aromatic N) is 2. The van der Waals surface area contributed by atoms with Gasteiger partial charge in [-0.3, -0.25) is 4.68 Å². The molecule has 0 aliphatic heterocycles. The van der Waals surface area contributed by atoms with Gasteiger partial charge in [0.25, 0.3) is 0 Å². The average Bonchev–Trinajstić information content (AvgIpc) is 2.24. The molecule has 1 rings (SSSR count). The molecule has 0 spiro atoms. The van der Waals surface area contributed by atoms with Crippen LogP contribution in [-0.2, 0) is 13.5 Å². The zero-order valence-electron chi connectivity index (χ0n) is 8.76. The molecule has 0 aliphatic carbocycles. The van der Waals surface area contributed by atoms with E-state index >= 15 is 0 Å². The van der Waals surface area contributed by atoms with Gasteiger partial charge in [0, 0.05) is 18.1 Å². The Hall–Kier alpha value is -0.500. The Labute approximate surface area is 84.9 Å². The first-order chi connectivity index (χ1) is 6.02. The number of aryl methyl sites for hydroxylation is 2. The standard InChI is InChI=1S/C10H17ClN2/c1-7(11)5-6-10-8(2)12-13(4)9(10)3/h7H,5-6H2,1-4H3. The number of halogens is 1. The van der Waals surface area contributed by atoms with Crippen LogP contribution in [0, 0.1) is 13.8 Å². The molecule has 0 aliphatic rings. The predicted molar refractivity (Wildman–Crippen MR) is 56.3 cm³/mol. The molecule has 0 N–H and O–H groups in total. The largest absolute Gasteiger partial charge is 0.272 e. The van der Waals surface area contributed by atoms with Gasteiger partial charge < -0.3 is 0 Å². The van der Waals surface area contributed by atoms with Gasteiger partial charge in [-0.1, -0.05) is 0 Å². The Kier molecular flexibility index (Phi) is 3.37. The fourth-order valence-corrected chi connectivity index (χ4v) is 1.63. The van der Waals surface area contributed by atoms with E-state index in [4.69, 9.17) is 11.6 Å². The van der Waals surface area contributed by atoms with Gasteiger partial charge in [0.1, 0.15) is 0 Å². The van der Waals surface area contributed by atoms with Crippen molar-refractivity contribution < 1.29 is 0 Å². The maximum Gasteiger partial charge on any atom is 0.0628 e. The minimum absolute atomic E-state index is 0.249. The highest BCUT2D eigenvalue weighted by Gasteiger charge is 2.09. The molecule has 1 aromatic heterocycles. The van der Waals surface area contributed by atoms with Gasteiger partial charge in [-0.25, -0.2) is 0 Å². The van der Waals surface area contributed by atoms with E-state index in [-0.39, 0.29) is 5.38 Å². The Morgan fingerprint density at radius 3 is 2.46 bits per heavy atom. The normalized spacial score (nSPS) is 13.3. The van der Waals surface area contributed by atoms with Gasteiger partial charge in [-0.2, -0.15) is 5.10 Å². The second-order valence-corrected chi connectivity index (χ2v) is 4.34. The summed E-state index contributed by atoms with van der Waals surface area (Å²) in [6, 6.07) is 0. The van der Waals surface area contributed by atoms with E-state index in [1.807, 2.05) is 18.7 Å². The minimum atomic E-state index is 0.249. The number of hydrogen-bond donors (Lipinski definition) is 0. The summed E-state index contributed by atoms with van der Waals surface area (Å²) in [7, 11) is 1.98. The predicted octanol–water partition coefficient (Wildman–Crippen LogP) is 2.60. The van der Waals surface area contributed by atoms with Crippen molar-refractivity contribution in [1.29, 1.82) is 0 Å². The first kappa shape index (κ1) is 10.6. The number of rotatable bonds is 3. The molecule has 0 amide bonds. The third-order valence-corrected chi connectivity index (χ3v) is 2.67. The third-order valence-electron chi connectivity index (χ3n) is 2.45. The second-order valence-electron chi connectivity index (χ2n) is 3.59. The van der Waals surface area contributed by atoms with Gasteiger partial charge in [-0.15, -0.1) is 11.6 Å². The van der Waals surface area contributed by atoms with E-state index in [1.165, 1.54) is 11.3 Å². The number of alkyl halides is 1.